The van der Waals surface area contributed by atoms with Gasteiger partial charge in [0.05, 0.1) is 6.20 Å². The summed E-state index contributed by atoms with van der Waals surface area (Å²) in [6, 6.07) is 51.6. The molecule has 11 aromatic rings. The van der Waals surface area contributed by atoms with Crippen molar-refractivity contribution in [1.82, 2.24) is 19.9 Å². The first kappa shape index (κ1) is 30.1. The fraction of sp³-hybridized carbons (Fsp3) is 0. The Labute approximate surface area is 307 Å². The van der Waals surface area contributed by atoms with Gasteiger partial charge in [0, 0.05) is 33.6 Å². The lowest BCUT2D eigenvalue weighted by atomic mass is 10.00. The molecule has 0 amide bonds. The van der Waals surface area contributed by atoms with Gasteiger partial charge < -0.3 is 18.2 Å². The Morgan fingerprint density at radius 3 is 1.65 bits per heavy atom. The first-order chi connectivity index (χ1) is 26.7. The van der Waals surface area contributed by atoms with Crippen molar-refractivity contribution >= 4 is 72.1 Å². The molecule has 0 N–H and O–H groups in total. The molecule has 0 spiro atoms. The molecule has 0 unspecified atom stereocenters. The van der Waals surface area contributed by atoms with Gasteiger partial charge in [0.15, 0.2) is 16.7 Å². The lowest BCUT2D eigenvalue weighted by Gasteiger charge is -2.26. The van der Waals surface area contributed by atoms with Crippen LogP contribution in [0.4, 0.5) is 17.1 Å². The number of oxazole rings is 2. The highest BCUT2D eigenvalue weighted by Gasteiger charge is 2.17. The summed E-state index contributed by atoms with van der Waals surface area (Å²) in [6.45, 7) is 0. The fourth-order valence-electron chi connectivity index (χ4n) is 7.19. The number of para-hydroxylation sites is 4. The second kappa shape index (κ2) is 12.0. The third-order valence-corrected chi connectivity index (χ3v) is 9.88. The summed E-state index contributed by atoms with van der Waals surface area (Å²) >= 11 is 0. The second-order valence-electron chi connectivity index (χ2n) is 13.2. The Kier molecular flexibility index (Phi) is 6.69. The number of hydrogen-bond donors (Lipinski definition) is 0. The molecule has 4 aromatic heterocycles. The number of furan rings is 1. The SMILES string of the molecule is c1ccc2oc(-c3ccc(N(c4ccc(-c5nc6ccccc6o5)cc4)c4ccc5cc(-c6ccc7c(c6)oc6cncnc67)ccc5c4)cc3)nc2c1. The number of hydrogen-bond acceptors (Lipinski definition) is 8. The molecule has 0 aliphatic carbocycles. The lowest BCUT2D eigenvalue weighted by Crippen LogP contribution is -2.09. The number of rotatable bonds is 6. The Morgan fingerprint density at radius 2 is 0.981 bits per heavy atom. The lowest BCUT2D eigenvalue weighted by molar-refractivity contribution is 0.619. The molecule has 0 fully saturated rings. The summed E-state index contributed by atoms with van der Waals surface area (Å²) in [5, 5.41) is 3.22. The largest absolute Gasteiger partial charge is 0.453 e. The van der Waals surface area contributed by atoms with Gasteiger partial charge in [-0.2, -0.15) is 0 Å². The molecule has 54 heavy (non-hydrogen) atoms. The molecule has 0 saturated carbocycles. The molecule has 254 valence electrons. The number of anilines is 3. The van der Waals surface area contributed by atoms with Gasteiger partial charge in [0.2, 0.25) is 11.8 Å². The Bertz CT molecular complexity index is 3000. The van der Waals surface area contributed by atoms with Crippen LogP contribution in [0, 0.1) is 0 Å². The molecule has 7 aromatic carbocycles. The topological polar surface area (TPSA) is 94.2 Å². The van der Waals surface area contributed by atoms with E-state index >= 15 is 0 Å². The zero-order valence-electron chi connectivity index (χ0n) is 28.5. The van der Waals surface area contributed by atoms with Crippen molar-refractivity contribution in [2.24, 2.45) is 0 Å². The Balaban J connectivity index is 0.972. The quantitative estimate of drug-likeness (QED) is 0.169. The van der Waals surface area contributed by atoms with Crippen LogP contribution in [0.3, 0.4) is 0 Å². The van der Waals surface area contributed by atoms with Crippen molar-refractivity contribution in [2.45, 2.75) is 0 Å². The highest BCUT2D eigenvalue weighted by molar-refractivity contribution is 6.03. The number of aromatic nitrogens is 4. The molecule has 11 rings (SSSR count). The van der Waals surface area contributed by atoms with E-state index in [1.165, 1.54) is 0 Å². The summed E-state index contributed by atoms with van der Waals surface area (Å²) in [5.74, 6) is 1.18. The summed E-state index contributed by atoms with van der Waals surface area (Å²) in [5.41, 5.74) is 12.5. The van der Waals surface area contributed by atoms with E-state index in [1.807, 2.05) is 48.5 Å². The zero-order valence-corrected chi connectivity index (χ0v) is 28.5. The molecule has 0 bridgehead atoms. The highest BCUT2D eigenvalue weighted by Crippen LogP contribution is 2.39. The summed E-state index contributed by atoms with van der Waals surface area (Å²) in [4.78, 5) is 20.2. The fourth-order valence-corrected chi connectivity index (χ4v) is 7.19. The van der Waals surface area contributed by atoms with Crippen molar-refractivity contribution in [3.05, 3.63) is 164 Å². The van der Waals surface area contributed by atoms with Gasteiger partial charge in [-0.15, -0.1) is 0 Å². The molecule has 8 heteroatoms. The smallest absolute Gasteiger partial charge is 0.227 e. The van der Waals surface area contributed by atoms with Gasteiger partial charge in [0.1, 0.15) is 28.5 Å². The molecule has 0 aliphatic heterocycles. The highest BCUT2D eigenvalue weighted by atomic mass is 16.4. The van der Waals surface area contributed by atoms with E-state index in [1.54, 1.807) is 12.5 Å². The van der Waals surface area contributed by atoms with Crippen LogP contribution in [-0.4, -0.2) is 19.9 Å². The molecule has 8 nitrogen and oxygen atoms in total. The van der Waals surface area contributed by atoms with Crippen molar-refractivity contribution in [2.75, 3.05) is 4.90 Å². The van der Waals surface area contributed by atoms with Gasteiger partial charge in [-0.1, -0.05) is 48.5 Å². The van der Waals surface area contributed by atoms with E-state index in [2.05, 4.69) is 118 Å². The normalized spacial score (nSPS) is 11.7. The Morgan fingerprint density at radius 1 is 0.426 bits per heavy atom. The molecule has 0 radical (unpaired) electrons. The van der Waals surface area contributed by atoms with Gasteiger partial charge in [-0.05, 0) is 125 Å². The maximum atomic E-state index is 6.08. The van der Waals surface area contributed by atoms with Gasteiger partial charge in [-0.25, -0.2) is 19.9 Å². The predicted octanol–water partition coefficient (Wildman–Crippen LogP) is 12.3. The van der Waals surface area contributed by atoms with Gasteiger partial charge in [0.25, 0.3) is 0 Å². The predicted molar refractivity (Wildman–Crippen MR) is 213 cm³/mol. The van der Waals surface area contributed by atoms with Crippen molar-refractivity contribution in [3.63, 3.8) is 0 Å². The molecule has 0 saturated heterocycles. The van der Waals surface area contributed by atoms with Crippen molar-refractivity contribution in [3.8, 4) is 34.0 Å². The van der Waals surface area contributed by atoms with Crippen molar-refractivity contribution < 1.29 is 13.3 Å². The number of nitrogens with zero attached hydrogens (tertiary/aromatic N) is 5. The maximum absolute atomic E-state index is 6.08. The van der Waals surface area contributed by atoms with Crippen LogP contribution >= 0.6 is 0 Å². The van der Waals surface area contributed by atoms with Crippen LogP contribution in [0.15, 0.2) is 177 Å². The third kappa shape index (κ3) is 5.08. The van der Waals surface area contributed by atoms with Crippen LogP contribution in [-0.2, 0) is 0 Å². The third-order valence-electron chi connectivity index (χ3n) is 9.88. The van der Waals surface area contributed by atoms with E-state index in [9.17, 15) is 0 Å². The second-order valence-corrected chi connectivity index (χ2v) is 13.2. The Hall–Kier alpha value is -7.58. The van der Waals surface area contributed by atoms with E-state index in [-0.39, 0.29) is 0 Å². The minimum Gasteiger partial charge on any atom is -0.453 e. The monoisotopic (exact) mass is 697 g/mol. The average molecular weight is 698 g/mol. The first-order valence-electron chi connectivity index (χ1n) is 17.6. The first-order valence-corrected chi connectivity index (χ1v) is 17.6. The van der Waals surface area contributed by atoms with E-state index < -0.39 is 0 Å². The van der Waals surface area contributed by atoms with Crippen molar-refractivity contribution in [1.29, 1.82) is 0 Å². The minimum absolute atomic E-state index is 0.589. The maximum Gasteiger partial charge on any atom is 0.227 e. The zero-order chi connectivity index (χ0) is 35.6. The number of fused-ring (bicyclic) bond motifs is 6. The van der Waals surface area contributed by atoms with E-state index in [0.717, 1.165) is 88.8 Å². The van der Waals surface area contributed by atoms with Crippen LogP contribution < -0.4 is 4.90 Å². The van der Waals surface area contributed by atoms with Crippen LogP contribution in [0.5, 0.6) is 0 Å². The van der Waals surface area contributed by atoms with E-state index in [0.29, 0.717) is 17.4 Å². The van der Waals surface area contributed by atoms with Crippen LogP contribution in [0.25, 0.3) is 89.1 Å². The standard InChI is InChI=1S/C46H27N5O3/c1-3-7-40-38(5-1)49-45(53-40)28-11-17-34(18-12-28)51(35-19-13-29(14-20-35)46-50-39-6-2-4-8-41(39)54-46)36-21-15-31-23-30(9-10-32(31)24-36)33-16-22-37-42(25-33)52-43-26-47-27-48-44(37)43/h1-27H. The van der Waals surface area contributed by atoms with E-state index in [4.69, 9.17) is 23.2 Å². The molecule has 0 atom stereocenters. The summed E-state index contributed by atoms with van der Waals surface area (Å²) in [6.07, 6.45) is 3.26. The average Bonchev–Trinajstić information content (AvgIpc) is 3.96. The van der Waals surface area contributed by atoms with Gasteiger partial charge in [-0.3, -0.25) is 0 Å². The molecular formula is C46H27N5O3. The molecule has 0 aliphatic rings. The molecule has 4 heterocycles. The van der Waals surface area contributed by atoms with Crippen LogP contribution in [0.1, 0.15) is 0 Å². The summed E-state index contributed by atoms with van der Waals surface area (Å²) in [7, 11) is 0. The summed E-state index contributed by atoms with van der Waals surface area (Å²) < 4.78 is 18.2. The molecular weight excluding hydrogens is 671 g/mol. The number of benzene rings is 7. The van der Waals surface area contributed by atoms with Crippen LogP contribution in [0.2, 0.25) is 0 Å². The minimum atomic E-state index is 0.589. The van der Waals surface area contributed by atoms with Gasteiger partial charge >= 0.3 is 0 Å².